The molecule has 6 nitrogen and oxygen atoms in total. The van der Waals surface area contributed by atoms with Crippen molar-refractivity contribution in [2.45, 2.75) is 18.5 Å². The number of benzene rings is 1. The highest BCUT2D eigenvalue weighted by atomic mass is 35.5. The van der Waals surface area contributed by atoms with Gasteiger partial charge in [-0.2, -0.15) is 0 Å². The van der Waals surface area contributed by atoms with Crippen molar-refractivity contribution in [3.63, 3.8) is 0 Å². The zero-order chi connectivity index (χ0) is 17.1. The number of ether oxygens (including phenoxy) is 1. The summed E-state index contributed by atoms with van der Waals surface area (Å²) in [6.45, 7) is 0. The summed E-state index contributed by atoms with van der Waals surface area (Å²) in [4.78, 5) is 18.4. The molecule has 0 bridgehead atoms. The molecule has 0 radical (unpaired) electrons. The topological polar surface area (TPSA) is 66.5 Å². The molecule has 0 saturated carbocycles. The van der Waals surface area contributed by atoms with Gasteiger partial charge in [0.15, 0.2) is 0 Å². The van der Waals surface area contributed by atoms with Crippen LogP contribution in [0.25, 0.3) is 0 Å². The van der Waals surface area contributed by atoms with Gasteiger partial charge in [0.05, 0.1) is 19.0 Å². The third-order valence-corrected chi connectivity index (χ3v) is 4.34. The SMILES string of the molecule is COc1ccc(N(C)C(=O)C2CC(c3cccc(Cl)c3)NN2)cn1. The van der Waals surface area contributed by atoms with E-state index in [9.17, 15) is 4.79 Å². The number of hydrogen-bond acceptors (Lipinski definition) is 5. The number of aromatic nitrogens is 1. The highest BCUT2D eigenvalue weighted by Gasteiger charge is 2.32. The molecule has 0 aliphatic carbocycles. The molecule has 1 aromatic carbocycles. The van der Waals surface area contributed by atoms with Crippen LogP contribution in [0, 0.1) is 0 Å². The first-order valence-electron chi connectivity index (χ1n) is 7.62. The number of rotatable bonds is 4. The molecule has 1 aliphatic rings. The Morgan fingerprint density at radius 3 is 2.83 bits per heavy atom. The highest BCUT2D eigenvalue weighted by molar-refractivity contribution is 6.30. The van der Waals surface area contributed by atoms with E-state index in [0.717, 1.165) is 5.56 Å². The Kier molecular flexibility index (Phi) is 4.99. The maximum atomic E-state index is 12.7. The van der Waals surface area contributed by atoms with E-state index in [2.05, 4.69) is 15.8 Å². The predicted octanol–water partition coefficient (Wildman–Crippen LogP) is 2.31. The molecular formula is C17H19ClN4O2. The standard InChI is InChI=1S/C17H19ClN4O2/c1-22(13-6-7-16(24-2)19-10-13)17(23)15-9-14(20-21-15)11-4-3-5-12(18)8-11/h3-8,10,14-15,20-21H,9H2,1-2H3. The monoisotopic (exact) mass is 346 g/mol. The van der Waals surface area contributed by atoms with Crippen molar-refractivity contribution in [2.24, 2.45) is 0 Å². The van der Waals surface area contributed by atoms with E-state index in [-0.39, 0.29) is 18.0 Å². The number of anilines is 1. The quantitative estimate of drug-likeness (QED) is 0.889. The zero-order valence-corrected chi connectivity index (χ0v) is 14.2. The Bertz CT molecular complexity index is 723. The third kappa shape index (κ3) is 3.51. The highest BCUT2D eigenvalue weighted by Crippen LogP contribution is 2.26. The van der Waals surface area contributed by atoms with Crippen LogP contribution in [0.5, 0.6) is 5.88 Å². The average molecular weight is 347 g/mol. The van der Waals surface area contributed by atoms with Gasteiger partial charge in [0, 0.05) is 24.2 Å². The number of carbonyl (C=O) groups is 1. The summed E-state index contributed by atoms with van der Waals surface area (Å²) in [5.74, 6) is 0.486. The number of nitrogens with one attached hydrogen (secondary N) is 2. The van der Waals surface area contributed by atoms with Crippen molar-refractivity contribution in [1.82, 2.24) is 15.8 Å². The number of carbonyl (C=O) groups excluding carboxylic acids is 1. The first kappa shape index (κ1) is 16.7. The molecule has 1 aliphatic heterocycles. The fraction of sp³-hybridized carbons (Fsp3) is 0.294. The van der Waals surface area contributed by atoms with E-state index in [1.807, 2.05) is 24.3 Å². The summed E-state index contributed by atoms with van der Waals surface area (Å²) in [6.07, 6.45) is 2.26. The molecule has 126 valence electrons. The maximum absolute atomic E-state index is 12.7. The van der Waals surface area contributed by atoms with Crippen LogP contribution in [0.15, 0.2) is 42.6 Å². The fourth-order valence-electron chi connectivity index (χ4n) is 2.71. The van der Waals surface area contributed by atoms with Crippen LogP contribution in [0.4, 0.5) is 5.69 Å². The molecule has 1 amide bonds. The minimum absolute atomic E-state index is 0.0287. The van der Waals surface area contributed by atoms with E-state index in [4.69, 9.17) is 16.3 Å². The molecule has 7 heteroatoms. The van der Waals surface area contributed by atoms with Gasteiger partial charge in [0.1, 0.15) is 6.04 Å². The van der Waals surface area contributed by atoms with E-state index in [1.165, 1.54) is 0 Å². The van der Waals surface area contributed by atoms with Crippen LogP contribution in [-0.2, 0) is 4.79 Å². The number of halogens is 1. The van der Waals surface area contributed by atoms with E-state index in [0.29, 0.717) is 23.0 Å². The van der Waals surface area contributed by atoms with Crippen molar-refractivity contribution in [3.05, 3.63) is 53.2 Å². The number of methoxy groups -OCH3 is 1. The number of nitrogens with zero attached hydrogens (tertiary/aromatic N) is 2. The van der Waals surface area contributed by atoms with Gasteiger partial charge >= 0.3 is 0 Å². The smallest absolute Gasteiger partial charge is 0.245 e. The second kappa shape index (κ2) is 7.17. The van der Waals surface area contributed by atoms with E-state index < -0.39 is 0 Å². The molecular weight excluding hydrogens is 328 g/mol. The van der Waals surface area contributed by atoms with E-state index >= 15 is 0 Å². The van der Waals surface area contributed by atoms with Crippen molar-refractivity contribution in [3.8, 4) is 5.88 Å². The van der Waals surface area contributed by atoms with Crippen LogP contribution in [-0.4, -0.2) is 31.1 Å². The summed E-state index contributed by atoms with van der Waals surface area (Å²) < 4.78 is 5.03. The van der Waals surface area contributed by atoms with Gasteiger partial charge in [-0.05, 0) is 30.2 Å². The second-order valence-corrected chi connectivity index (χ2v) is 6.08. The first-order chi connectivity index (χ1) is 11.6. The largest absolute Gasteiger partial charge is 0.481 e. The van der Waals surface area contributed by atoms with Gasteiger partial charge in [-0.3, -0.25) is 4.79 Å². The minimum Gasteiger partial charge on any atom is -0.481 e. The Morgan fingerprint density at radius 1 is 1.33 bits per heavy atom. The lowest BCUT2D eigenvalue weighted by molar-refractivity contribution is -0.120. The molecule has 2 atom stereocenters. The molecule has 0 spiro atoms. The molecule has 1 saturated heterocycles. The van der Waals surface area contributed by atoms with Crippen LogP contribution in [0.2, 0.25) is 5.02 Å². The first-order valence-corrected chi connectivity index (χ1v) is 8.00. The lowest BCUT2D eigenvalue weighted by Crippen LogP contribution is -2.44. The van der Waals surface area contributed by atoms with Crippen LogP contribution >= 0.6 is 11.6 Å². The van der Waals surface area contributed by atoms with Gasteiger partial charge in [-0.15, -0.1) is 0 Å². The molecule has 2 aromatic rings. The lowest BCUT2D eigenvalue weighted by Gasteiger charge is -2.20. The number of hydrazine groups is 1. The van der Waals surface area contributed by atoms with Crippen LogP contribution < -0.4 is 20.5 Å². The summed E-state index contributed by atoms with van der Waals surface area (Å²) >= 11 is 6.04. The third-order valence-electron chi connectivity index (χ3n) is 4.10. The molecule has 2 unspecified atom stereocenters. The molecule has 2 N–H and O–H groups in total. The summed E-state index contributed by atoms with van der Waals surface area (Å²) in [5, 5.41) is 0.686. The molecule has 24 heavy (non-hydrogen) atoms. The molecule has 2 heterocycles. The molecule has 1 fully saturated rings. The Balaban J connectivity index is 1.67. The predicted molar refractivity (Wildman–Crippen MR) is 93.1 cm³/mol. The van der Waals surface area contributed by atoms with Crippen LogP contribution in [0.3, 0.4) is 0 Å². The minimum atomic E-state index is -0.318. The number of pyridine rings is 1. The van der Waals surface area contributed by atoms with Gasteiger partial charge in [-0.25, -0.2) is 15.8 Å². The molecule has 1 aromatic heterocycles. The van der Waals surface area contributed by atoms with Gasteiger partial charge < -0.3 is 9.64 Å². The lowest BCUT2D eigenvalue weighted by atomic mass is 10.0. The van der Waals surface area contributed by atoms with E-state index in [1.54, 1.807) is 37.4 Å². The van der Waals surface area contributed by atoms with Gasteiger partial charge in [0.25, 0.3) is 0 Å². The van der Waals surface area contributed by atoms with Crippen molar-refractivity contribution in [2.75, 3.05) is 19.1 Å². The Morgan fingerprint density at radius 2 is 2.17 bits per heavy atom. The fourth-order valence-corrected chi connectivity index (χ4v) is 2.91. The number of amides is 1. The zero-order valence-electron chi connectivity index (χ0n) is 13.5. The summed E-state index contributed by atoms with van der Waals surface area (Å²) in [7, 11) is 3.29. The van der Waals surface area contributed by atoms with Crippen LogP contribution in [0.1, 0.15) is 18.0 Å². The van der Waals surface area contributed by atoms with Crippen molar-refractivity contribution < 1.29 is 9.53 Å². The van der Waals surface area contributed by atoms with Crippen molar-refractivity contribution in [1.29, 1.82) is 0 Å². The number of hydrogen-bond donors (Lipinski definition) is 2. The summed E-state index contributed by atoms with van der Waals surface area (Å²) in [5.41, 5.74) is 8.00. The Labute approximate surface area is 145 Å². The average Bonchev–Trinajstić information content (AvgIpc) is 3.10. The second-order valence-electron chi connectivity index (χ2n) is 5.64. The van der Waals surface area contributed by atoms with Gasteiger partial charge in [0.2, 0.25) is 11.8 Å². The normalized spacial score (nSPS) is 20.0. The summed E-state index contributed by atoms with van der Waals surface area (Å²) in [6, 6.07) is 10.9. The van der Waals surface area contributed by atoms with Gasteiger partial charge in [-0.1, -0.05) is 23.7 Å². The molecule has 3 rings (SSSR count). The maximum Gasteiger partial charge on any atom is 0.245 e. The Hall–Kier alpha value is -2.15. The van der Waals surface area contributed by atoms with Crippen molar-refractivity contribution >= 4 is 23.2 Å². The number of likely N-dealkylation sites (N-methyl/N-ethyl adjacent to an activating group) is 1.